The Hall–Kier alpha value is -1.14. The lowest BCUT2D eigenvalue weighted by atomic mass is 10.2. The summed E-state index contributed by atoms with van der Waals surface area (Å²) in [4.78, 5) is 28.0. The highest BCUT2D eigenvalue weighted by molar-refractivity contribution is 5.86. The zero-order valence-corrected chi connectivity index (χ0v) is 11.9. The molecule has 6 heteroatoms. The van der Waals surface area contributed by atoms with Crippen LogP contribution in [0.2, 0.25) is 0 Å². The van der Waals surface area contributed by atoms with Crippen molar-refractivity contribution in [2.75, 3.05) is 39.3 Å². The summed E-state index contributed by atoms with van der Waals surface area (Å²) in [5.41, 5.74) is 0. The number of carbonyl (C=O) groups excluding carboxylic acids is 2. The first-order chi connectivity index (χ1) is 9.74. The maximum absolute atomic E-state index is 12.5. The predicted molar refractivity (Wildman–Crippen MR) is 75.2 cm³/mol. The molecule has 112 valence electrons. The number of hydrogen-bond donors (Lipinski definition) is 2. The van der Waals surface area contributed by atoms with Crippen LogP contribution in [-0.4, -0.2) is 73.0 Å². The standard InChI is InChI=1S/C14H24N4O2/c19-13-8-15-6-7-17(13)10-14(20)18(12-3-4-12)9-11-2-1-5-16-11/h11-12,15-16H,1-10H2/t11-/m1/s1. The van der Waals surface area contributed by atoms with Crippen molar-refractivity contribution in [3.63, 3.8) is 0 Å². The van der Waals surface area contributed by atoms with Gasteiger partial charge in [-0.15, -0.1) is 0 Å². The molecule has 0 aromatic rings. The molecule has 2 saturated heterocycles. The number of rotatable bonds is 5. The predicted octanol–water partition coefficient (Wildman–Crippen LogP) is -0.839. The van der Waals surface area contributed by atoms with Crippen LogP contribution in [0.25, 0.3) is 0 Å². The summed E-state index contributed by atoms with van der Waals surface area (Å²) < 4.78 is 0. The molecule has 3 rings (SSSR count). The molecule has 1 aliphatic carbocycles. The first kappa shape index (κ1) is 13.8. The summed E-state index contributed by atoms with van der Waals surface area (Å²) in [6.07, 6.45) is 4.60. The van der Waals surface area contributed by atoms with Crippen LogP contribution in [0, 0.1) is 0 Å². The number of nitrogens with one attached hydrogen (secondary N) is 2. The molecule has 2 heterocycles. The lowest BCUT2D eigenvalue weighted by Gasteiger charge is -2.31. The summed E-state index contributed by atoms with van der Waals surface area (Å²) in [5, 5.41) is 6.49. The molecule has 1 saturated carbocycles. The fourth-order valence-corrected chi connectivity index (χ4v) is 3.06. The Morgan fingerprint density at radius 3 is 2.80 bits per heavy atom. The third-order valence-corrected chi connectivity index (χ3v) is 4.40. The quantitative estimate of drug-likeness (QED) is 0.689. The molecular formula is C14H24N4O2. The molecule has 2 aliphatic heterocycles. The molecule has 1 atom stereocenters. The Morgan fingerprint density at radius 2 is 2.15 bits per heavy atom. The van der Waals surface area contributed by atoms with Crippen LogP contribution in [0.15, 0.2) is 0 Å². The van der Waals surface area contributed by atoms with Gasteiger partial charge in [0.1, 0.15) is 0 Å². The molecule has 3 fully saturated rings. The fourth-order valence-electron chi connectivity index (χ4n) is 3.06. The van der Waals surface area contributed by atoms with E-state index in [1.165, 1.54) is 6.42 Å². The van der Waals surface area contributed by atoms with Crippen molar-refractivity contribution in [3.05, 3.63) is 0 Å². The van der Waals surface area contributed by atoms with Crippen LogP contribution in [0.5, 0.6) is 0 Å². The van der Waals surface area contributed by atoms with Crippen molar-refractivity contribution in [2.45, 2.75) is 37.8 Å². The third kappa shape index (κ3) is 3.30. The summed E-state index contributed by atoms with van der Waals surface area (Å²) >= 11 is 0. The van der Waals surface area contributed by atoms with E-state index in [1.807, 2.05) is 4.90 Å². The first-order valence-corrected chi connectivity index (χ1v) is 7.75. The van der Waals surface area contributed by atoms with Gasteiger partial charge in [-0.05, 0) is 32.2 Å². The van der Waals surface area contributed by atoms with Gasteiger partial charge in [0.05, 0.1) is 13.1 Å². The van der Waals surface area contributed by atoms with Crippen molar-refractivity contribution in [2.24, 2.45) is 0 Å². The monoisotopic (exact) mass is 280 g/mol. The van der Waals surface area contributed by atoms with Crippen molar-refractivity contribution in [1.29, 1.82) is 0 Å². The molecular weight excluding hydrogens is 256 g/mol. The van der Waals surface area contributed by atoms with E-state index in [9.17, 15) is 9.59 Å². The van der Waals surface area contributed by atoms with Gasteiger partial charge in [-0.3, -0.25) is 9.59 Å². The third-order valence-electron chi connectivity index (χ3n) is 4.40. The van der Waals surface area contributed by atoms with E-state index in [1.54, 1.807) is 4.90 Å². The van der Waals surface area contributed by atoms with Crippen LogP contribution in [0.3, 0.4) is 0 Å². The van der Waals surface area contributed by atoms with Crippen molar-refractivity contribution in [3.8, 4) is 0 Å². The molecule has 0 radical (unpaired) electrons. The average molecular weight is 280 g/mol. The van der Waals surface area contributed by atoms with Crippen LogP contribution in [-0.2, 0) is 9.59 Å². The summed E-state index contributed by atoms with van der Waals surface area (Å²) in [6, 6.07) is 0.862. The SMILES string of the molecule is O=C1CNCCN1CC(=O)N(C[C@H]1CCCN1)C1CC1. The molecule has 0 aromatic carbocycles. The minimum absolute atomic E-state index is 0.0411. The molecule has 20 heavy (non-hydrogen) atoms. The molecule has 0 unspecified atom stereocenters. The topological polar surface area (TPSA) is 64.7 Å². The summed E-state index contributed by atoms with van der Waals surface area (Å²) in [6.45, 7) is 3.92. The Bertz CT molecular complexity index is 377. The molecule has 6 nitrogen and oxygen atoms in total. The van der Waals surface area contributed by atoms with E-state index in [4.69, 9.17) is 0 Å². The minimum Gasteiger partial charge on any atom is -0.337 e. The second-order valence-corrected chi connectivity index (χ2v) is 6.06. The van der Waals surface area contributed by atoms with Gasteiger partial charge in [0, 0.05) is 31.7 Å². The van der Waals surface area contributed by atoms with Crippen molar-refractivity contribution < 1.29 is 9.59 Å². The van der Waals surface area contributed by atoms with Crippen LogP contribution in [0.1, 0.15) is 25.7 Å². The number of piperazine rings is 1. The van der Waals surface area contributed by atoms with E-state index in [0.29, 0.717) is 25.2 Å². The second-order valence-electron chi connectivity index (χ2n) is 6.06. The Kier molecular flexibility index (Phi) is 4.21. The minimum atomic E-state index is 0.0411. The van der Waals surface area contributed by atoms with E-state index in [0.717, 1.165) is 38.9 Å². The van der Waals surface area contributed by atoms with Gasteiger partial charge in [-0.25, -0.2) is 0 Å². The maximum Gasteiger partial charge on any atom is 0.242 e. The van der Waals surface area contributed by atoms with Crippen LogP contribution < -0.4 is 10.6 Å². The first-order valence-electron chi connectivity index (χ1n) is 7.75. The zero-order valence-electron chi connectivity index (χ0n) is 11.9. The van der Waals surface area contributed by atoms with Gasteiger partial charge in [0.15, 0.2) is 0 Å². The smallest absolute Gasteiger partial charge is 0.242 e. The molecule has 2 N–H and O–H groups in total. The largest absolute Gasteiger partial charge is 0.337 e. The van der Waals surface area contributed by atoms with E-state index in [-0.39, 0.29) is 18.4 Å². The normalized spacial score (nSPS) is 26.9. The lowest BCUT2D eigenvalue weighted by Crippen LogP contribution is -2.53. The van der Waals surface area contributed by atoms with Crippen LogP contribution >= 0.6 is 0 Å². The summed E-state index contributed by atoms with van der Waals surface area (Å²) in [5.74, 6) is 0.163. The average Bonchev–Trinajstić information content (AvgIpc) is 3.15. The van der Waals surface area contributed by atoms with Crippen molar-refractivity contribution >= 4 is 11.8 Å². The molecule has 0 aromatic heterocycles. The van der Waals surface area contributed by atoms with E-state index < -0.39 is 0 Å². The second kappa shape index (κ2) is 6.10. The highest BCUT2D eigenvalue weighted by atomic mass is 16.2. The number of hydrogen-bond acceptors (Lipinski definition) is 4. The molecule has 0 bridgehead atoms. The molecule has 2 amide bonds. The van der Waals surface area contributed by atoms with E-state index >= 15 is 0 Å². The number of nitrogens with zero attached hydrogens (tertiary/aromatic N) is 2. The van der Waals surface area contributed by atoms with Crippen LogP contribution in [0.4, 0.5) is 0 Å². The number of amides is 2. The van der Waals surface area contributed by atoms with Gasteiger partial charge < -0.3 is 20.4 Å². The van der Waals surface area contributed by atoms with Gasteiger partial charge in [-0.1, -0.05) is 0 Å². The fraction of sp³-hybridized carbons (Fsp3) is 0.857. The Labute approximate surface area is 119 Å². The summed E-state index contributed by atoms with van der Waals surface area (Å²) in [7, 11) is 0. The van der Waals surface area contributed by atoms with E-state index in [2.05, 4.69) is 10.6 Å². The van der Waals surface area contributed by atoms with Gasteiger partial charge in [-0.2, -0.15) is 0 Å². The highest BCUT2D eigenvalue weighted by Gasteiger charge is 2.35. The molecule has 0 spiro atoms. The Morgan fingerprint density at radius 1 is 1.30 bits per heavy atom. The number of carbonyl (C=O) groups is 2. The van der Waals surface area contributed by atoms with Gasteiger partial charge in [0.2, 0.25) is 11.8 Å². The maximum atomic E-state index is 12.5. The zero-order chi connectivity index (χ0) is 13.9. The Balaban J connectivity index is 1.55. The highest BCUT2D eigenvalue weighted by Crippen LogP contribution is 2.28. The lowest BCUT2D eigenvalue weighted by molar-refractivity contribution is -0.141. The van der Waals surface area contributed by atoms with Gasteiger partial charge >= 0.3 is 0 Å². The van der Waals surface area contributed by atoms with Gasteiger partial charge in [0.25, 0.3) is 0 Å². The molecule has 3 aliphatic rings. The van der Waals surface area contributed by atoms with Crippen molar-refractivity contribution in [1.82, 2.24) is 20.4 Å².